The van der Waals surface area contributed by atoms with Gasteiger partial charge in [0.1, 0.15) is 6.04 Å². The SMILES string of the molecule is CCC(=O)c1nnn([C@@H]2C[C@@]34COC[C@](C)([C@@H]3CC[C@H]3C4=CC[C@@]4(C)[C@H](C(=O)O)[C@@](C)([C@H](C)C(C)C)CC[C@]34C)[C@H]2OC[C@](C)(N)C(C)C)n1. The average Bonchev–Trinajstić information content (AvgIpc) is 3.54. The van der Waals surface area contributed by atoms with Crippen LogP contribution in [-0.4, -0.2) is 68.5 Å². The predicted octanol–water partition coefficient (Wildman–Crippen LogP) is 7.15. The predicted molar refractivity (Wildman–Crippen MR) is 192 cm³/mol. The number of tetrazole rings is 1. The van der Waals surface area contributed by atoms with E-state index in [0.29, 0.717) is 50.4 Å². The van der Waals surface area contributed by atoms with E-state index in [2.05, 4.69) is 78.7 Å². The van der Waals surface area contributed by atoms with Crippen molar-refractivity contribution in [3.63, 3.8) is 0 Å². The smallest absolute Gasteiger partial charge is 0.307 e. The number of ether oxygens (including phenoxy) is 2. The van der Waals surface area contributed by atoms with E-state index in [0.717, 1.165) is 32.1 Å². The molecule has 4 fully saturated rings. The molecule has 1 aromatic heterocycles. The van der Waals surface area contributed by atoms with Gasteiger partial charge in [-0.15, -0.1) is 10.2 Å². The van der Waals surface area contributed by atoms with Crippen molar-refractivity contribution in [3.05, 3.63) is 17.5 Å². The van der Waals surface area contributed by atoms with Crippen LogP contribution in [0.4, 0.5) is 0 Å². The van der Waals surface area contributed by atoms with Crippen LogP contribution in [0.1, 0.15) is 138 Å². The number of rotatable bonds is 10. The van der Waals surface area contributed by atoms with Crippen molar-refractivity contribution < 1.29 is 24.2 Å². The van der Waals surface area contributed by atoms with E-state index in [1.165, 1.54) is 5.57 Å². The maximum absolute atomic E-state index is 13.5. The summed E-state index contributed by atoms with van der Waals surface area (Å²) < 4.78 is 13.6. The summed E-state index contributed by atoms with van der Waals surface area (Å²) in [6, 6.07) is -0.275. The number of nitrogens with zero attached hydrogens (tertiary/aromatic N) is 4. The summed E-state index contributed by atoms with van der Waals surface area (Å²) in [6.45, 7) is 25.7. The van der Waals surface area contributed by atoms with Gasteiger partial charge in [0, 0.05) is 22.8 Å². The molecular formula is C40H65N5O5. The molecule has 3 saturated carbocycles. The quantitative estimate of drug-likeness (QED) is 0.193. The Balaban J connectivity index is 1.46. The van der Waals surface area contributed by atoms with E-state index < -0.39 is 22.8 Å². The number of hydrogen-bond donors (Lipinski definition) is 2. The summed E-state index contributed by atoms with van der Waals surface area (Å²) in [5.41, 5.74) is 6.18. The Kier molecular flexibility index (Phi) is 9.37. The van der Waals surface area contributed by atoms with Crippen LogP contribution >= 0.6 is 0 Å². The molecule has 1 aromatic rings. The van der Waals surface area contributed by atoms with Gasteiger partial charge in [-0.25, -0.2) is 0 Å². The molecule has 50 heavy (non-hydrogen) atoms. The summed E-state index contributed by atoms with van der Waals surface area (Å²) >= 11 is 0. The number of fused-ring (bicyclic) bond motifs is 3. The lowest BCUT2D eigenvalue weighted by Crippen LogP contribution is -2.69. The molecule has 280 valence electrons. The number of nitrogens with two attached hydrogens (primary N) is 1. The molecule has 0 spiro atoms. The summed E-state index contributed by atoms with van der Waals surface area (Å²) in [4.78, 5) is 27.8. The van der Waals surface area contributed by atoms with E-state index in [9.17, 15) is 14.7 Å². The highest BCUT2D eigenvalue weighted by Crippen LogP contribution is 2.75. The summed E-state index contributed by atoms with van der Waals surface area (Å²) in [5, 5.41) is 24.5. The van der Waals surface area contributed by atoms with Gasteiger partial charge in [0.25, 0.3) is 0 Å². The molecule has 3 N–H and O–H groups in total. The number of ketones is 1. The van der Waals surface area contributed by atoms with Gasteiger partial charge in [0.15, 0.2) is 0 Å². The molecular weight excluding hydrogens is 630 g/mol. The Labute approximate surface area is 300 Å². The molecule has 10 nitrogen and oxygen atoms in total. The third-order valence-corrected chi connectivity index (χ3v) is 16.3. The average molecular weight is 696 g/mol. The molecule has 0 amide bonds. The number of Topliss-reactive ketones (excluding diaryl/α,β-unsaturated/α-hetero) is 1. The molecule has 12 atom stereocenters. The van der Waals surface area contributed by atoms with Crippen LogP contribution in [0.15, 0.2) is 11.6 Å². The zero-order chi connectivity index (χ0) is 36.8. The Hall–Kier alpha value is -2.17. The topological polar surface area (TPSA) is 142 Å². The first-order chi connectivity index (χ1) is 23.2. The number of aromatic nitrogens is 4. The number of aliphatic carboxylic acids is 1. The van der Waals surface area contributed by atoms with Crippen LogP contribution < -0.4 is 5.73 Å². The fourth-order valence-electron chi connectivity index (χ4n) is 12.2. The van der Waals surface area contributed by atoms with Gasteiger partial charge in [-0.1, -0.05) is 80.9 Å². The number of carbonyl (C=O) groups is 2. The lowest BCUT2D eigenvalue weighted by Gasteiger charge is -2.71. The van der Waals surface area contributed by atoms with Gasteiger partial charge >= 0.3 is 5.97 Å². The van der Waals surface area contributed by atoms with Crippen LogP contribution in [0.3, 0.4) is 0 Å². The number of hydrogen-bond acceptors (Lipinski definition) is 8. The highest BCUT2D eigenvalue weighted by molar-refractivity contribution is 5.91. The first-order valence-electron chi connectivity index (χ1n) is 19.5. The number of carbonyl (C=O) groups excluding carboxylic acids is 1. The lowest BCUT2D eigenvalue weighted by molar-refractivity contribution is -0.253. The summed E-state index contributed by atoms with van der Waals surface area (Å²) in [7, 11) is 0. The summed E-state index contributed by atoms with van der Waals surface area (Å²) in [5.74, 6) is 0.381. The molecule has 0 radical (unpaired) electrons. The minimum Gasteiger partial charge on any atom is -0.481 e. The molecule has 1 saturated heterocycles. The van der Waals surface area contributed by atoms with E-state index >= 15 is 0 Å². The maximum atomic E-state index is 13.5. The second kappa shape index (κ2) is 12.5. The van der Waals surface area contributed by atoms with E-state index in [-0.39, 0.29) is 57.2 Å². The van der Waals surface area contributed by atoms with Gasteiger partial charge < -0.3 is 20.3 Å². The normalized spacial score (nSPS) is 42.9. The molecule has 10 heteroatoms. The highest BCUT2D eigenvalue weighted by Gasteiger charge is 2.72. The number of carboxylic acids is 1. The molecule has 0 unspecified atom stereocenters. The van der Waals surface area contributed by atoms with Gasteiger partial charge in [-0.2, -0.15) is 4.80 Å². The van der Waals surface area contributed by atoms with Crippen LogP contribution in [0.2, 0.25) is 0 Å². The van der Waals surface area contributed by atoms with Crippen molar-refractivity contribution in [2.75, 3.05) is 19.8 Å². The fourth-order valence-corrected chi connectivity index (χ4v) is 12.2. The van der Waals surface area contributed by atoms with Crippen LogP contribution in [0.5, 0.6) is 0 Å². The zero-order valence-electron chi connectivity index (χ0n) is 32.7. The first-order valence-corrected chi connectivity index (χ1v) is 19.5. The number of allylic oxidation sites excluding steroid dienone is 1. The molecule has 2 bridgehead atoms. The van der Waals surface area contributed by atoms with Gasteiger partial charge in [0.2, 0.25) is 11.6 Å². The van der Waals surface area contributed by atoms with Crippen LogP contribution in [0, 0.1) is 62.6 Å². The van der Waals surface area contributed by atoms with E-state index in [4.69, 9.17) is 20.3 Å². The highest BCUT2D eigenvalue weighted by atomic mass is 16.5. The fraction of sp³-hybridized carbons (Fsp3) is 0.875. The summed E-state index contributed by atoms with van der Waals surface area (Å²) in [6.07, 6.45) is 7.88. The van der Waals surface area contributed by atoms with Crippen molar-refractivity contribution in [2.45, 2.75) is 139 Å². The number of carboxylic acid groups (broad SMARTS) is 1. The largest absolute Gasteiger partial charge is 0.481 e. The van der Waals surface area contributed by atoms with E-state index in [1.807, 2.05) is 13.8 Å². The Morgan fingerprint density at radius 2 is 1.80 bits per heavy atom. The zero-order valence-corrected chi connectivity index (χ0v) is 32.7. The van der Waals surface area contributed by atoms with Crippen molar-refractivity contribution >= 4 is 11.8 Å². The van der Waals surface area contributed by atoms with Gasteiger partial charge in [0.05, 0.1) is 31.8 Å². The second-order valence-electron chi connectivity index (χ2n) is 19.2. The first kappa shape index (κ1) is 37.6. The molecule has 0 aromatic carbocycles. The molecule has 2 heterocycles. The monoisotopic (exact) mass is 695 g/mol. The maximum Gasteiger partial charge on any atom is 0.307 e. The Bertz CT molecular complexity index is 1520. The minimum absolute atomic E-state index is 0.131. The van der Waals surface area contributed by atoms with Gasteiger partial charge in [-0.3, -0.25) is 9.59 Å². The van der Waals surface area contributed by atoms with Crippen LogP contribution in [-0.2, 0) is 14.3 Å². The Morgan fingerprint density at radius 3 is 2.42 bits per heavy atom. The van der Waals surface area contributed by atoms with Crippen molar-refractivity contribution in [3.8, 4) is 0 Å². The van der Waals surface area contributed by atoms with Crippen molar-refractivity contribution in [1.82, 2.24) is 20.2 Å². The molecule has 4 aliphatic carbocycles. The molecule has 1 aliphatic heterocycles. The van der Waals surface area contributed by atoms with E-state index in [1.54, 1.807) is 4.80 Å². The molecule has 6 rings (SSSR count). The standard InChI is InChI=1S/C40H65N5O5/c1-12-29(46)33-42-44-45(43-33)28-19-40-22-49-20-36(8,32(28)50-21-39(11,41)24(4)5)30(40)14-13-26-27(40)15-16-38(10)31(34(47)48)35(7,25(6)23(2)3)17-18-37(26,38)9/h15,23-26,28,30-32H,12-14,16-22,41H2,1-11H3,(H,47,48)/t25-,26+,28-,30+,31-,32+,35-,36-,37-,38+,39+,40+/m1/s1. The lowest BCUT2D eigenvalue weighted by atomic mass is 9.34. The van der Waals surface area contributed by atoms with Gasteiger partial charge in [-0.05, 0) is 96.5 Å². The third-order valence-electron chi connectivity index (χ3n) is 16.3. The van der Waals surface area contributed by atoms with Crippen LogP contribution in [0.25, 0.3) is 0 Å². The Morgan fingerprint density at radius 1 is 1.10 bits per heavy atom. The van der Waals surface area contributed by atoms with Crippen molar-refractivity contribution in [2.24, 2.45) is 68.3 Å². The molecule has 5 aliphatic rings. The second-order valence-corrected chi connectivity index (χ2v) is 19.2. The minimum atomic E-state index is -0.647. The third kappa shape index (κ3) is 5.22. The van der Waals surface area contributed by atoms with Crippen molar-refractivity contribution in [1.29, 1.82) is 0 Å².